The van der Waals surface area contributed by atoms with Gasteiger partial charge >= 0.3 is 0 Å². The standard InChI is InChI=1S/C47H37NO/c1-5-6-8-16-31(2)33-25-28-43(40(29-33)32-17-9-7-10-18-32)48(44-24-15-22-38-35-19-11-12-21-39(35)46(49)45(38)44)34-26-27-37-36-20-13-14-23-41(36)47(3,4)42(37)30-34/h5-30H,1H2,2-4H3/b8-6-,31-16+. The molecule has 0 saturated heterocycles. The number of hydrogen-bond donors (Lipinski definition) is 0. The average molecular weight is 632 g/mol. The van der Waals surface area contributed by atoms with Gasteiger partial charge in [-0.05, 0) is 87.3 Å². The van der Waals surface area contributed by atoms with Gasteiger partial charge in [0.1, 0.15) is 0 Å². The molecule has 8 rings (SSSR count). The number of benzene rings is 6. The second-order valence-corrected chi connectivity index (χ2v) is 13.4. The van der Waals surface area contributed by atoms with E-state index in [0.29, 0.717) is 0 Å². The van der Waals surface area contributed by atoms with Gasteiger partial charge in [0, 0.05) is 22.2 Å². The van der Waals surface area contributed by atoms with Crippen molar-refractivity contribution in [2.75, 3.05) is 4.90 Å². The van der Waals surface area contributed by atoms with Gasteiger partial charge in [-0.3, -0.25) is 4.79 Å². The Morgan fingerprint density at radius 2 is 1.31 bits per heavy atom. The number of nitrogens with zero attached hydrogens (tertiary/aromatic N) is 1. The highest BCUT2D eigenvalue weighted by atomic mass is 16.1. The van der Waals surface area contributed by atoms with Crippen molar-refractivity contribution in [3.05, 3.63) is 192 Å². The molecule has 0 saturated carbocycles. The van der Waals surface area contributed by atoms with E-state index >= 15 is 0 Å². The zero-order chi connectivity index (χ0) is 33.7. The molecule has 2 heteroatoms. The maximum absolute atomic E-state index is 14.3. The van der Waals surface area contributed by atoms with E-state index in [2.05, 4.69) is 154 Å². The number of fused-ring (bicyclic) bond motifs is 6. The summed E-state index contributed by atoms with van der Waals surface area (Å²) >= 11 is 0. The molecule has 0 spiro atoms. The third-order valence-corrected chi connectivity index (χ3v) is 10.2. The van der Waals surface area contributed by atoms with Gasteiger partial charge < -0.3 is 4.90 Å². The first kappa shape index (κ1) is 30.4. The highest BCUT2D eigenvalue weighted by Gasteiger charge is 2.37. The van der Waals surface area contributed by atoms with E-state index in [-0.39, 0.29) is 11.2 Å². The first-order chi connectivity index (χ1) is 23.9. The summed E-state index contributed by atoms with van der Waals surface area (Å²) in [5.41, 5.74) is 15.8. The number of hydrogen-bond acceptors (Lipinski definition) is 2. The molecule has 0 heterocycles. The van der Waals surface area contributed by atoms with E-state index in [1.165, 1.54) is 22.3 Å². The van der Waals surface area contributed by atoms with Gasteiger partial charge in [0.15, 0.2) is 5.78 Å². The fourth-order valence-corrected chi connectivity index (χ4v) is 7.68. The Kier molecular flexibility index (Phi) is 7.38. The minimum absolute atomic E-state index is 0.0609. The van der Waals surface area contributed by atoms with Crippen LogP contribution in [-0.4, -0.2) is 5.78 Å². The molecule has 49 heavy (non-hydrogen) atoms. The summed E-state index contributed by atoms with van der Waals surface area (Å²) < 4.78 is 0. The van der Waals surface area contributed by atoms with Crippen LogP contribution in [-0.2, 0) is 5.41 Å². The Hall–Kier alpha value is -5.99. The van der Waals surface area contributed by atoms with Crippen molar-refractivity contribution in [2.24, 2.45) is 0 Å². The van der Waals surface area contributed by atoms with Gasteiger partial charge in [-0.25, -0.2) is 0 Å². The Morgan fingerprint density at radius 3 is 2.10 bits per heavy atom. The maximum atomic E-state index is 14.3. The van der Waals surface area contributed by atoms with Crippen LogP contribution in [0.1, 0.15) is 53.4 Å². The molecule has 0 N–H and O–H groups in total. The molecule has 0 amide bonds. The Balaban J connectivity index is 1.40. The van der Waals surface area contributed by atoms with Crippen LogP contribution in [0.5, 0.6) is 0 Å². The maximum Gasteiger partial charge on any atom is 0.196 e. The highest BCUT2D eigenvalue weighted by Crippen LogP contribution is 2.53. The number of rotatable bonds is 7. The molecule has 0 aliphatic heterocycles. The van der Waals surface area contributed by atoms with E-state index < -0.39 is 0 Å². The minimum Gasteiger partial charge on any atom is -0.309 e. The molecule has 236 valence electrons. The molecule has 0 radical (unpaired) electrons. The van der Waals surface area contributed by atoms with Crippen LogP contribution < -0.4 is 4.90 Å². The second-order valence-electron chi connectivity index (χ2n) is 13.4. The normalized spacial score (nSPS) is 13.9. The smallest absolute Gasteiger partial charge is 0.196 e. The minimum atomic E-state index is -0.175. The molecule has 6 aromatic rings. The molecule has 0 atom stereocenters. The van der Waals surface area contributed by atoms with E-state index in [0.717, 1.165) is 61.6 Å². The fourth-order valence-electron chi connectivity index (χ4n) is 7.68. The summed E-state index contributed by atoms with van der Waals surface area (Å²) in [4.78, 5) is 16.6. The molecule has 2 aliphatic rings. The summed E-state index contributed by atoms with van der Waals surface area (Å²) in [5, 5.41) is 0. The zero-order valence-corrected chi connectivity index (χ0v) is 28.1. The molecule has 6 aromatic carbocycles. The van der Waals surface area contributed by atoms with Crippen molar-refractivity contribution in [3.8, 4) is 33.4 Å². The fraction of sp³-hybridized carbons (Fsp3) is 0.0851. The summed E-state index contributed by atoms with van der Waals surface area (Å²) in [7, 11) is 0. The Bertz CT molecular complexity index is 2350. The molecule has 2 aliphatic carbocycles. The van der Waals surface area contributed by atoms with Gasteiger partial charge in [0.25, 0.3) is 0 Å². The summed E-state index contributed by atoms with van der Waals surface area (Å²) in [5.74, 6) is 0.0609. The van der Waals surface area contributed by atoms with Crippen LogP contribution >= 0.6 is 0 Å². The predicted molar refractivity (Wildman–Crippen MR) is 206 cm³/mol. The quantitative estimate of drug-likeness (QED) is 0.163. The van der Waals surface area contributed by atoms with Crippen molar-refractivity contribution in [2.45, 2.75) is 26.2 Å². The summed E-state index contributed by atoms with van der Waals surface area (Å²) in [6, 6.07) is 47.0. The van der Waals surface area contributed by atoms with Crippen molar-refractivity contribution < 1.29 is 4.79 Å². The van der Waals surface area contributed by atoms with Crippen molar-refractivity contribution in [3.63, 3.8) is 0 Å². The molecular weight excluding hydrogens is 595 g/mol. The highest BCUT2D eigenvalue weighted by molar-refractivity contribution is 6.25. The lowest BCUT2D eigenvalue weighted by molar-refractivity contribution is 0.104. The van der Waals surface area contributed by atoms with Gasteiger partial charge in [-0.2, -0.15) is 0 Å². The largest absolute Gasteiger partial charge is 0.309 e. The van der Waals surface area contributed by atoms with Crippen LogP contribution in [0.3, 0.4) is 0 Å². The first-order valence-corrected chi connectivity index (χ1v) is 16.9. The first-order valence-electron chi connectivity index (χ1n) is 16.9. The molecule has 0 aromatic heterocycles. The Morgan fingerprint density at radius 1 is 0.612 bits per heavy atom. The number of anilines is 3. The lowest BCUT2D eigenvalue weighted by Crippen LogP contribution is -2.18. The summed E-state index contributed by atoms with van der Waals surface area (Å²) in [6.07, 6.45) is 7.86. The van der Waals surface area contributed by atoms with Crippen LogP contribution in [0.15, 0.2) is 164 Å². The lowest BCUT2D eigenvalue weighted by Gasteiger charge is -2.31. The molecular formula is C47H37NO. The third kappa shape index (κ3) is 4.91. The average Bonchev–Trinajstić information content (AvgIpc) is 3.56. The number of allylic oxidation sites excluding steroid dienone is 5. The zero-order valence-electron chi connectivity index (χ0n) is 28.1. The van der Waals surface area contributed by atoms with Crippen LogP contribution in [0.4, 0.5) is 17.1 Å². The van der Waals surface area contributed by atoms with Gasteiger partial charge in [-0.15, -0.1) is 0 Å². The van der Waals surface area contributed by atoms with Crippen molar-refractivity contribution in [1.29, 1.82) is 0 Å². The summed E-state index contributed by atoms with van der Waals surface area (Å²) in [6.45, 7) is 10.6. The van der Waals surface area contributed by atoms with Crippen LogP contribution in [0, 0.1) is 0 Å². The SMILES string of the molecule is C=C/C=C\C=C(/C)c1ccc(N(c2ccc3c(c2)C(C)(C)c2ccccc2-3)c2cccc3c2C(=O)c2ccccc2-3)c(-c2ccccc2)c1. The van der Waals surface area contributed by atoms with Crippen LogP contribution in [0.2, 0.25) is 0 Å². The monoisotopic (exact) mass is 631 g/mol. The second kappa shape index (κ2) is 11.9. The predicted octanol–water partition coefficient (Wildman–Crippen LogP) is 12.5. The number of carbonyl (C=O) groups is 1. The van der Waals surface area contributed by atoms with Crippen molar-refractivity contribution in [1.82, 2.24) is 0 Å². The molecule has 2 nitrogen and oxygen atoms in total. The molecule has 0 fully saturated rings. The van der Waals surface area contributed by atoms with Gasteiger partial charge in [-0.1, -0.05) is 148 Å². The molecule has 0 bridgehead atoms. The van der Waals surface area contributed by atoms with E-state index in [4.69, 9.17) is 0 Å². The number of ketones is 1. The third-order valence-electron chi connectivity index (χ3n) is 10.2. The van der Waals surface area contributed by atoms with Crippen LogP contribution in [0.25, 0.3) is 39.0 Å². The topological polar surface area (TPSA) is 20.3 Å². The van der Waals surface area contributed by atoms with Gasteiger partial charge in [0.05, 0.1) is 16.9 Å². The Labute approximate surface area is 289 Å². The van der Waals surface area contributed by atoms with E-state index in [1.54, 1.807) is 6.08 Å². The lowest BCUT2D eigenvalue weighted by atomic mass is 9.82. The van der Waals surface area contributed by atoms with Gasteiger partial charge in [0.2, 0.25) is 0 Å². The number of carbonyl (C=O) groups excluding carboxylic acids is 1. The molecule has 0 unspecified atom stereocenters. The van der Waals surface area contributed by atoms with E-state index in [9.17, 15) is 4.79 Å². The van der Waals surface area contributed by atoms with Crippen molar-refractivity contribution >= 4 is 28.4 Å². The van der Waals surface area contributed by atoms with E-state index in [1.807, 2.05) is 30.4 Å².